The van der Waals surface area contributed by atoms with E-state index >= 15 is 0 Å². The summed E-state index contributed by atoms with van der Waals surface area (Å²) < 4.78 is 3.28. The van der Waals surface area contributed by atoms with Gasteiger partial charge in [-0.1, -0.05) is 25.5 Å². The van der Waals surface area contributed by atoms with Crippen LogP contribution in [0.1, 0.15) is 39.0 Å². The van der Waals surface area contributed by atoms with E-state index in [-0.39, 0.29) is 0 Å². The molecule has 3 fully saturated rings. The molecule has 3 rings (SSSR count). The van der Waals surface area contributed by atoms with Crippen molar-refractivity contribution in [3.8, 4) is 0 Å². The number of amides is 1. The van der Waals surface area contributed by atoms with E-state index < -0.39 is 0 Å². The maximum Gasteiger partial charge on any atom is 0.210 e. The minimum atomic E-state index is 0.407. The highest BCUT2D eigenvalue weighted by molar-refractivity contribution is 8.02. The van der Waals surface area contributed by atoms with Crippen molar-refractivity contribution in [2.45, 2.75) is 51.1 Å². The molecular weight excluding hydrogens is 268 g/mol. The number of nitrogens with zero attached hydrogens (tertiary/aromatic N) is 1. The summed E-state index contributed by atoms with van der Waals surface area (Å²) in [5.41, 5.74) is 1.22. The average molecular weight is 292 g/mol. The Hall–Kier alpha value is -0.740. The Morgan fingerprint density at radius 2 is 2.35 bits per heavy atom. The first-order valence-electron chi connectivity index (χ1n) is 7.71. The van der Waals surface area contributed by atoms with Crippen molar-refractivity contribution in [1.82, 2.24) is 9.62 Å². The van der Waals surface area contributed by atoms with Crippen molar-refractivity contribution in [2.75, 3.05) is 6.54 Å². The van der Waals surface area contributed by atoms with Gasteiger partial charge in [-0.3, -0.25) is 9.52 Å². The van der Waals surface area contributed by atoms with Crippen LogP contribution in [0.2, 0.25) is 0 Å². The Morgan fingerprint density at radius 1 is 1.50 bits per heavy atom. The highest BCUT2D eigenvalue weighted by Crippen LogP contribution is 2.44. The largest absolute Gasteiger partial charge is 0.338 e. The van der Waals surface area contributed by atoms with Gasteiger partial charge in [0.05, 0.1) is 0 Å². The van der Waals surface area contributed by atoms with Gasteiger partial charge in [-0.15, -0.1) is 0 Å². The van der Waals surface area contributed by atoms with Crippen molar-refractivity contribution in [1.29, 1.82) is 0 Å². The predicted octanol–water partition coefficient (Wildman–Crippen LogP) is 3.10. The highest BCUT2D eigenvalue weighted by Gasteiger charge is 2.40. The monoisotopic (exact) mass is 292 g/mol. The zero-order valence-electron chi connectivity index (χ0n) is 12.2. The van der Waals surface area contributed by atoms with E-state index in [2.05, 4.69) is 18.2 Å². The van der Waals surface area contributed by atoms with Crippen LogP contribution in [0.4, 0.5) is 0 Å². The molecule has 1 amide bonds. The van der Waals surface area contributed by atoms with Crippen LogP contribution in [0, 0.1) is 11.8 Å². The summed E-state index contributed by atoms with van der Waals surface area (Å²) >= 11 is 1.68. The quantitative estimate of drug-likeness (QED) is 0.624. The minimum absolute atomic E-state index is 0.407. The van der Waals surface area contributed by atoms with Crippen LogP contribution in [0.5, 0.6) is 0 Å². The van der Waals surface area contributed by atoms with Crippen LogP contribution in [0.25, 0.3) is 0 Å². The zero-order valence-corrected chi connectivity index (χ0v) is 13.0. The molecular formula is C16H24N2OS. The third kappa shape index (κ3) is 2.56. The lowest BCUT2D eigenvalue weighted by Gasteiger charge is -2.34. The minimum Gasteiger partial charge on any atom is -0.338 e. The van der Waals surface area contributed by atoms with Gasteiger partial charge in [-0.2, -0.15) is 0 Å². The van der Waals surface area contributed by atoms with Gasteiger partial charge in [0.25, 0.3) is 0 Å². The van der Waals surface area contributed by atoms with E-state index in [0.717, 1.165) is 24.8 Å². The lowest BCUT2D eigenvalue weighted by atomic mass is 9.88. The fourth-order valence-electron chi connectivity index (χ4n) is 4.09. The van der Waals surface area contributed by atoms with Gasteiger partial charge < -0.3 is 4.90 Å². The first-order chi connectivity index (χ1) is 9.72. The molecule has 0 aromatic rings. The molecule has 0 aromatic heterocycles. The molecule has 1 N–H and O–H groups in total. The molecule has 20 heavy (non-hydrogen) atoms. The molecule has 1 saturated heterocycles. The second-order valence-corrected chi connectivity index (χ2v) is 7.29. The maximum atomic E-state index is 11.6. The highest BCUT2D eigenvalue weighted by atomic mass is 32.2. The fourth-order valence-corrected chi connectivity index (χ4v) is 4.84. The number of fused-ring (bicyclic) bond motifs is 2. The summed E-state index contributed by atoms with van der Waals surface area (Å²) in [6.45, 7) is 6.82. The lowest BCUT2D eigenvalue weighted by Crippen LogP contribution is -2.40. The van der Waals surface area contributed by atoms with Crippen LogP contribution in [-0.4, -0.2) is 29.9 Å². The molecule has 0 radical (unpaired) electrons. The first-order valence-corrected chi connectivity index (χ1v) is 8.53. The smallest absolute Gasteiger partial charge is 0.210 e. The number of carbonyl (C=O) groups is 1. The van der Waals surface area contributed by atoms with E-state index in [0.29, 0.717) is 12.1 Å². The molecule has 1 aliphatic heterocycles. The third-order valence-electron chi connectivity index (χ3n) is 5.16. The summed E-state index contributed by atoms with van der Waals surface area (Å²) in [6, 6.07) is 0.869. The Morgan fingerprint density at radius 3 is 2.90 bits per heavy atom. The number of hydrogen-bond acceptors (Lipinski definition) is 3. The van der Waals surface area contributed by atoms with E-state index in [9.17, 15) is 4.79 Å². The predicted molar refractivity (Wildman–Crippen MR) is 84.0 cm³/mol. The van der Waals surface area contributed by atoms with Gasteiger partial charge in [0.1, 0.15) is 0 Å². The molecule has 1 heterocycles. The third-order valence-corrected chi connectivity index (χ3v) is 6.47. The van der Waals surface area contributed by atoms with Gasteiger partial charge in [-0.05, 0) is 55.5 Å². The summed E-state index contributed by atoms with van der Waals surface area (Å²) in [7, 11) is 0. The van der Waals surface area contributed by atoms with Crippen molar-refractivity contribution in [2.24, 2.45) is 11.8 Å². The molecule has 2 aliphatic carbocycles. The van der Waals surface area contributed by atoms with E-state index in [1.54, 1.807) is 11.9 Å². The van der Waals surface area contributed by atoms with Crippen molar-refractivity contribution >= 4 is 18.4 Å². The summed E-state index contributed by atoms with van der Waals surface area (Å²) in [4.78, 5) is 15.0. The molecule has 0 aromatic carbocycles. The zero-order chi connectivity index (χ0) is 14.1. The topological polar surface area (TPSA) is 32.3 Å². The van der Waals surface area contributed by atoms with Gasteiger partial charge in [0.15, 0.2) is 0 Å². The molecule has 3 aliphatic rings. The average Bonchev–Trinajstić information content (AvgIpc) is 2.75. The first kappa shape index (κ1) is 14.2. The van der Waals surface area contributed by atoms with Crippen molar-refractivity contribution < 1.29 is 4.79 Å². The summed E-state index contributed by atoms with van der Waals surface area (Å²) in [6.07, 6.45) is 9.56. The second kappa shape index (κ2) is 5.94. The molecule has 3 nitrogen and oxygen atoms in total. The van der Waals surface area contributed by atoms with Crippen LogP contribution in [0.3, 0.4) is 0 Å². The lowest BCUT2D eigenvalue weighted by molar-refractivity contribution is -0.120. The van der Waals surface area contributed by atoms with E-state index in [1.165, 1.54) is 42.6 Å². The summed E-state index contributed by atoms with van der Waals surface area (Å²) in [5, 5.41) is 0. The Balaban J connectivity index is 1.72. The second-order valence-electron chi connectivity index (χ2n) is 6.41. The van der Waals surface area contributed by atoms with Crippen molar-refractivity contribution in [3.05, 3.63) is 23.1 Å². The molecule has 2 saturated carbocycles. The van der Waals surface area contributed by atoms with Gasteiger partial charge in [-0.25, -0.2) is 0 Å². The number of carbonyl (C=O) groups excluding carboxylic acids is 1. The molecule has 4 unspecified atom stereocenters. The van der Waals surface area contributed by atoms with Gasteiger partial charge >= 0.3 is 0 Å². The van der Waals surface area contributed by atoms with Crippen molar-refractivity contribution in [3.63, 3.8) is 0 Å². The van der Waals surface area contributed by atoms with Crippen LogP contribution >= 0.6 is 11.9 Å². The Labute approximate surface area is 126 Å². The SMILES string of the molecule is C=C/C(CN(C=O)C1CC2CCCC1C2)=C1\SNC1C. The normalized spacial score (nSPS) is 38.0. The number of rotatable bonds is 5. The Bertz CT molecular complexity index is 434. The molecule has 0 spiro atoms. The van der Waals surface area contributed by atoms with Gasteiger partial charge in [0.2, 0.25) is 6.41 Å². The number of hydrogen-bond donors (Lipinski definition) is 1. The van der Waals surface area contributed by atoms with Crippen LogP contribution < -0.4 is 4.72 Å². The standard InChI is InChI=1S/C16H24N2OS/c1-3-13(16-11(2)17-20-16)9-18(10-19)15-8-12-5-4-6-14(15)7-12/h3,10-12,14-15,17H,1,4-9H2,2H3/b16-13+. The van der Waals surface area contributed by atoms with Crippen LogP contribution in [-0.2, 0) is 4.79 Å². The molecule has 2 bridgehead atoms. The van der Waals surface area contributed by atoms with E-state index in [4.69, 9.17) is 0 Å². The maximum absolute atomic E-state index is 11.6. The molecule has 4 atom stereocenters. The molecule has 4 heteroatoms. The fraction of sp³-hybridized carbons (Fsp3) is 0.688. The summed E-state index contributed by atoms with van der Waals surface area (Å²) in [5.74, 6) is 1.60. The number of nitrogens with one attached hydrogen (secondary N) is 1. The Kier molecular flexibility index (Phi) is 4.22. The van der Waals surface area contributed by atoms with Crippen LogP contribution in [0.15, 0.2) is 23.1 Å². The van der Waals surface area contributed by atoms with Gasteiger partial charge in [0, 0.05) is 23.5 Å². The van der Waals surface area contributed by atoms with E-state index in [1.807, 2.05) is 11.0 Å². The molecule has 110 valence electrons.